The Balaban J connectivity index is 2.11. The predicted molar refractivity (Wildman–Crippen MR) is 91.5 cm³/mol. The largest absolute Gasteiger partial charge is 0.390 e. The first-order chi connectivity index (χ1) is 11.0. The van der Waals surface area contributed by atoms with Crippen LogP contribution in [0.3, 0.4) is 0 Å². The fourth-order valence-corrected chi connectivity index (χ4v) is 3.20. The van der Waals surface area contributed by atoms with Crippen molar-refractivity contribution in [2.45, 2.75) is 12.6 Å². The minimum absolute atomic E-state index is 0.276. The third kappa shape index (κ3) is 3.20. The van der Waals surface area contributed by atoms with Crippen LogP contribution >= 0.6 is 11.9 Å². The molecular weight excluding hydrogens is 318 g/mol. The molecule has 0 aliphatic carbocycles. The van der Waals surface area contributed by atoms with Gasteiger partial charge in [-0.3, -0.25) is 4.31 Å². The number of nitrogens with zero attached hydrogens (tertiary/aromatic N) is 2. The lowest BCUT2D eigenvalue weighted by molar-refractivity contribution is 0.139. The number of likely N-dealkylation sites (N-methyl/N-ethyl adjacent to an activating group) is 1. The summed E-state index contributed by atoms with van der Waals surface area (Å²) in [6.45, 7) is 0.741. The van der Waals surface area contributed by atoms with Gasteiger partial charge < -0.3 is 9.67 Å². The molecule has 0 radical (unpaired) electrons. The van der Waals surface area contributed by atoms with Crippen molar-refractivity contribution in [1.82, 2.24) is 8.87 Å². The first-order valence-corrected chi connectivity index (χ1v) is 8.48. The summed E-state index contributed by atoms with van der Waals surface area (Å²) in [5.74, 6) is -0.699. The van der Waals surface area contributed by atoms with Gasteiger partial charge in [0.25, 0.3) is 0 Å². The van der Waals surface area contributed by atoms with E-state index in [1.54, 1.807) is 16.7 Å². The van der Waals surface area contributed by atoms with E-state index >= 15 is 0 Å². The Kier molecular flexibility index (Phi) is 4.57. The first kappa shape index (κ1) is 16.2. The van der Waals surface area contributed by atoms with Crippen LogP contribution in [0.25, 0.3) is 21.8 Å². The van der Waals surface area contributed by atoms with Gasteiger partial charge in [-0.1, -0.05) is 11.9 Å². The molecule has 23 heavy (non-hydrogen) atoms. The van der Waals surface area contributed by atoms with E-state index in [0.29, 0.717) is 17.6 Å². The van der Waals surface area contributed by atoms with Crippen LogP contribution in [0.5, 0.6) is 0 Å². The Labute approximate surface area is 137 Å². The maximum absolute atomic E-state index is 13.7. The Hall–Kier alpha value is -1.63. The molecule has 0 spiro atoms. The van der Waals surface area contributed by atoms with Crippen LogP contribution in [0.2, 0.25) is 0 Å². The molecule has 0 saturated carbocycles. The maximum Gasteiger partial charge on any atom is 0.125 e. The van der Waals surface area contributed by atoms with Crippen molar-refractivity contribution in [3.8, 4) is 0 Å². The highest BCUT2D eigenvalue weighted by atomic mass is 32.2. The highest BCUT2D eigenvalue weighted by Crippen LogP contribution is 2.30. The van der Waals surface area contributed by atoms with E-state index < -0.39 is 6.10 Å². The molecule has 1 N–H and O–H groups in total. The number of halogens is 2. The predicted octanol–water partition coefficient (Wildman–Crippen LogP) is 3.64. The lowest BCUT2D eigenvalue weighted by atomic mass is 10.1. The van der Waals surface area contributed by atoms with Gasteiger partial charge in [0.15, 0.2) is 0 Å². The van der Waals surface area contributed by atoms with Gasteiger partial charge in [0.05, 0.1) is 23.7 Å². The summed E-state index contributed by atoms with van der Waals surface area (Å²) in [4.78, 5) is 0. The molecule has 3 aromatic rings. The van der Waals surface area contributed by atoms with Crippen LogP contribution < -0.4 is 0 Å². The average molecular weight is 336 g/mol. The molecule has 6 heteroatoms. The summed E-state index contributed by atoms with van der Waals surface area (Å²) >= 11 is 1.52. The van der Waals surface area contributed by atoms with Crippen LogP contribution in [0, 0.1) is 11.6 Å². The molecule has 0 aliphatic rings. The van der Waals surface area contributed by atoms with Crippen LogP contribution in [0.4, 0.5) is 8.78 Å². The van der Waals surface area contributed by atoms with Gasteiger partial charge in [0.2, 0.25) is 0 Å². The number of aliphatic hydroxyl groups excluding tert-OH is 1. The molecule has 2 aromatic carbocycles. The normalized spacial score (nSPS) is 13.3. The summed E-state index contributed by atoms with van der Waals surface area (Å²) in [5.41, 5.74) is 1.33. The number of hydrogen-bond donors (Lipinski definition) is 1. The zero-order valence-corrected chi connectivity index (χ0v) is 13.8. The molecular formula is C17H18F2N2OS. The molecule has 0 fully saturated rings. The SMILES string of the molecule is CSN(C)CC(O)Cn1c2cc(F)ccc2c2ccc(F)cc21. The number of hydrogen-bond acceptors (Lipinski definition) is 3. The molecule has 1 atom stereocenters. The second-order valence-corrected chi connectivity index (χ2v) is 6.57. The molecule has 0 saturated heterocycles. The van der Waals surface area contributed by atoms with Crippen molar-refractivity contribution in [3.63, 3.8) is 0 Å². The monoisotopic (exact) mass is 336 g/mol. The van der Waals surface area contributed by atoms with E-state index in [-0.39, 0.29) is 18.2 Å². The molecule has 1 aromatic heterocycles. The van der Waals surface area contributed by atoms with Gasteiger partial charge in [-0.15, -0.1) is 0 Å². The first-order valence-electron chi connectivity index (χ1n) is 7.30. The zero-order chi connectivity index (χ0) is 16.6. The van der Waals surface area contributed by atoms with Gasteiger partial charge in [0.1, 0.15) is 11.6 Å². The zero-order valence-electron chi connectivity index (χ0n) is 13.0. The fourth-order valence-electron chi connectivity index (χ4n) is 2.88. The van der Waals surface area contributed by atoms with Crippen LogP contribution in [0.15, 0.2) is 36.4 Å². The minimum Gasteiger partial charge on any atom is -0.390 e. The third-order valence-corrected chi connectivity index (χ3v) is 4.74. The number of aliphatic hydroxyl groups is 1. The number of aromatic nitrogens is 1. The Morgan fingerprint density at radius 3 is 2.09 bits per heavy atom. The van der Waals surface area contributed by atoms with Crippen molar-refractivity contribution >= 4 is 33.8 Å². The quantitative estimate of drug-likeness (QED) is 0.721. The van der Waals surface area contributed by atoms with Gasteiger partial charge in [-0.25, -0.2) is 8.78 Å². The molecule has 122 valence electrons. The molecule has 1 unspecified atom stereocenters. The number of benzene rings is 2. The smallest absolute Gasteiger partial charge is 0.125 e. The Morgan fingerprint density at radius 2 is 1.61 bits per heavy atom. The van der Waals surface area contributed by atoms with Crippen molar-refractivity contribution in [1.29, 1.82) is 0 Å². The van der Waals surface area contributed by atoms with E-state index in [1.165, 1.54) is 36.2 Å². The summed E-state index contributed by atoms with van der Waals surface area (Å²) in [6, 6.07) is 9.04. The van der Waals surface area contributed by atoms with E-state index in [2.05, 4.69) is 0 Å². The number of fused-ring (bicyclic) bond motifs is 3. The van der Waals surface area contributed by atoms with E-state index in [4.69, 9.17) is 0 Å². The van der Waals surface area contributed by atoms with Crippen molar-refractivity contribution in [2.24, 2.45) is 0 Å². The average Bonchev–Trinajstić information content (AvgIpc) is 2.80. The molecule has 0 bridgehead atoms. The molecule has 3 rings (SSSR count). The van der Waals surface area contributed by atoms with Gasteiger partial charge in [-0.2, -0.15) is 0 Å². The second-order valence-electron chi connectivity index (χ2n) is 5.58. The third-order valence-electron chi connectivity index (χ3n) is 3.96. The lowest BCUT2D eigenvalue weighted by Crippen LogP contribution is -2.28. The fraction of sp³-hybridized carbons (Fsp3) is 0.294. The van der Waals surface area contributed by atoms with Crippen LogP contribution in [-0.2, 0) is 6.54 Å². The van der Waals surface area contributed by atoms with Crippen molar-refractivity contribution in [2.75, 3.05) is 19.8 Å². The maximum atomic E-state index is 13.7. The van der Waals surface area contributed by atoms with E-state index in [9.17, 15) is 13.9 Å². The van der Waals surface area contributed by atoms with E-state index in [1.807, 2.05) is 17.6 Å². The summed E-state index contributed by atoms with van der Waals surface area (Å²) in [5, 5.41) is 12.0. The standard InChI is InChI=1S/C17H18F2N2OS/c1-20(23-2)9-13(22)10-21-16-7-11(18)3-5-14(16)15-6-4-12(19)8-17(15)21/h3-8,13,22H,9-10H2,1-2H3. The second kappa shape index (κ2) is 6.47. The summed E-state index contributed by atoms with van der Waals surface area (Å²) < 4.78 is 31.0. The van der Waals surface area contributed by atoms with Crippen LogP contribution in [0.1, 0.15) is 0 Å². The van der Waals surface area contributed by atoms with Gasteiger partial charge >= 0.3 is 0 Å². The summed E-state index contributed by atoms with van der Waals surface area (Å²) in [7, 11) is 1.89. The Morgan fingerprint density at radius 1 is 1.09 bits per heavy atom. The Bertz CT molecular complexity index is 790. The van der Waals surface area contributed by atoms with Crippen molar-refractivity contribution < 1.29 is 13.9 Å². The summed E-state index contributed by atoms with van der Waals surface area (Å²) in [6.07, 6.45) is 1.29. The number of rotatable bonds is 5. The van der Waals surface area contributed by atoms with E-state index in [0.717, 1.165) is 10.8 Å². The van der Waals surface area contributed by atoms with Crippen molar-refractivity contribution in [3.05, 3.63) is 48.0 Å². The molecule has 3 nitrogen and oxygen atoms in total. The minimum atomic E-state index is -0.641. The molecule has 0 aliphatic heterocycles. The topological polar surface area (TPSA) is 28.4 Å². The highest BCUT2D eigenvalue weighted by molar-refractivity contribution is 7.96. The molecule has 0 amide bonds. The highest BCUT2D eigenvalue weighted by Gasteiger charge is 2.16. The van der Waals surface area contributed by atoms with Gasteiger partial charge in [0, 0.05) is 17.3 Å². The lowest BCUT2D eigenvalue weighted by Gasteiger charge is -2.19. The van der Waals surface area contributed by atoms with Crippen LogP contribution in [-0.4, -0.2) is 39.9 Å². The molecule has 1 heterocycles. The van der Waals surface area contributed by atoms with Gasteiger partial charge in [-0.05, 0) is 49.7 Å².